The number of carbonyl (C=O) groups is 1. The van der Waals surface area contributed by atoms with Gasteiger partial charge in [-0.15, -0.1) is 6.58 Å². The first-order valence-corrected chi connectivity index (χ1v) is 4.30. The molecule has 5 nitrogen and oxygen atoms in total. The Balaban J connectivity index is 2.86. The second-order valence-corrected chi connectivity index (χ2v) is 2.66. The van der Waals surface area contributed by atoms with E-state index in [0.29, 0.717) is 18.8 Å². The largest absolute Gasteiger partial charge is 0.461 e. The molecule has 2 N–H and O–H groups in total. The molecule has 14 heavy (non-hydrogen) atoms. The van der Waals surface area contributed by atoms with Crippen molar-refractivity contribution in [3.8, 4) is 0 Å². The molecule has 0 amide bonds. The van der Waals surface area contributed by atoms with Crippen LogP contribution in [0.1, 0.15) is 17.4 Å². The summed E-state index contributed by atoms with van der Waals surface area (Å²) < 4.78 is 6.32. The van der Waals surface area contributed by atoms with Crippen molar-refractivity contribution < 1.29 is 9.53 Å². The van der Waals surface area contributed by atoms with E-state index in [1.165, 1.54) is 4.68 Å². The third-order valence-electron chi connectivity index (χ3n) is 1.57. The smallest absolute Gasteiger partial charge is 0.361 e. The van der Waals surface area contributed by atoms with Crippen LogP contribution >= 0.6 is 0 Å². The van der Waals surface area contributed by atoms with Crippen LogP contribution in [-0.4, -0.2) is 22.4 Å². The van der Waals surface area contributed by atoms with E-state index in [4.69, 9.17) is 10.5 Å². The number of nitrogens with zero attached hydrogens (tertiary/aromatic N) is 2. The van der Waals surface area contributed by atoms with Crippen molar-refractivity contribution in [2.24, 2.45) is 0 Å². The third-order valence-corrected chi connectivity index (χ3v) is 1.57. The van der Waals surface area contributed by atoms with Crippen molar-refractivity contribution in [2.45, 2.75) is 13.5 Å². The second kappa shape index (κ2) is 4.45. The lowest BCUT2D eigenvalue weighted by atomic mass is 10.4. The van der Waals surface area contributed by atoms with Crippen molar-refractivity contribution in [1.82, 2.24) is 9.78 Å². The van der Waals surface area contributed by atoms with Crippen LogP contribution in [0, 0.1) is 0 Å². The topological polar surface area (TPSA) is 70.1 Å². The maximum Gasteiger partial charge on any atom is 0.361 e. The lowest BCUT2D eigenvalue weighted by Gasteiger charge is -1.97. The second-order valence-electron chi connectivity index (χ2n) is 2.66. The highest BCUT2D eigenvalue weighted by molar-refractivity contribution is 5.92. The van der Waals surface area contributed by atoms with Crippen molar-refractivity contribution in [3.05, 3.63) is 24.5 Å². The van der Waals surface area contributed by atoms with E-state index in [2.05, 4.69) is 11.7 Å². The van der Waals surface area contributed by atoms with Crippen molar-refractivity contribution >= 4 is 11.7 Å². The lowest BCUT2D eigenvalue weighted by molar-refractivity contribution is 0.0519. The normalized spacial score (nSPS) is 9.79. The third kappa shape index (κ3) is 2.12. The minimum atomic E-state index is -0.493. The van der Waals surface area contributed by atoms with Gasteiger partial charge in [-0.25, -0.2) is 4.79 Å². The van der Waals surface area contributed by atoms with Crippen molar-refractivity contribution in [3.63, 3.8) is 0 Å². The number of aromatic nitrogens is 2. The Morgan fingerprint density at radius 1 is 1.86 bits per heavy atom. The van der Waals surface area contributed by atoms with Gasteiger partial charge in [0.15, 0.2) is 5.69 Å². The molecule has 0 radical (unpaired) electrons. The number of anilines is 1. The molecule has 0 aliphatic rings. The molecule has 0 fully saturated rings. The van der Waals surface area contributed by atoms with Gasteiger partial charge in [0, 0.05) is 6.20 Å². The Morgan fingerprint density at radius 3 is 3.14 bits per heavy atom. The molecule has 0 spiro atoms. The molecule has 0 aliphatic heterocycles. The van der Waals surface area contributed by atoms with E-state index in [-0.39, 0.29) is 5.69 Å². The van der Waals surface area contributed by atoms with Crippen LogP contribution in [0.3, 0.4) is 0 Å². The summed E-state index contributed by atoms with van der Waals surface area (Å²) in [5.41, 5.74) is 6.07. The van der Waals surface area contributed by atoms with Crippen molar-refractivity contribution in [2.75, 3.05) is 12.3 Å². The molecule has 0 saturated heterocycles. The Bertz CT molecular complexity index is 344. The van der Waals surface area contributed by atoms with Gasteiger partial charge in [-0.1, -0.05) is 6.08 Å². The lowest BCUT2D eigenvalue weighted by Crippen LogP contribution is -2.08. The average Bonchev–Trinajstić information content (AvgIpc) is 2.48. The van der Waals surface area contributed by atoms with Gasteiger partial charge in [0.1, 0.15) is 0 Å². The summed E-state index contributed by atoms with van der Waals surface area (Å²) in [7, 11) is 0. The highest BCUT2D eigenvalue weighted by Crippen LogP contribution is 2.10. The Labute approximate surface area is 82.2 Å². The zero-order chi connectivity index (χ0) is 10.6. The molecule has 0 bridgehead atoms. The summed E-state index contributed by atoms with van der Waals surface area (Å²) in [4.78, 5) is 11.3. The summed E-state index contributed by atoms with van der Waals surface area (Å²) in [6, 6.07) is 0. The fourth-order valence-electron chi connectivity index (χ4n) is 1.02. The summed E-state index contributed by atoms with van der Waals surface area (Å²) >= 11 is 0. The molecule has 0 aromatic carbocycles. The Kier molecular flexibility index (Phi) is 3.28. The van der Waals surface area contributed by atoms with Crippen LogP contribution in [-0.2, 0) is 11.3 Å². The standard InChI is InChI=1S/C9H13N3O2/c1-3-5-12-6-7(10)8(11-12)9(13)14-4-2/h3,6H,1,4-5,10H2,2H3. The van der Waals surface area contributed by atoms with Crippen LogP contribution in [0.4, 0.5) is 5.69 Å². The molecule has 1 aromatic rings. The molecule has 1 heterocycles. The number of rotatable bonds is 4. The van der Waals surface area contributed by atoms with Crippen LogP contribution in [0.15, 0.2) is 18.9 Å². The predicted molar refractivity (Wildman–Crippen MR) is 52.8 cm³/mol. The first-order valence-electron chi connectivity index (χ1n) is 4.30. The predicted octanol–water partition coefficient (Wildman–Crippen LogP) is 0.828. The van der Waals surface area contributed by atoms with E-state index in [1.54, 1.807) is 19.2 Å². The SMILES string of the molecule is C=CCn1cc(N)c(C(=O)OCC)n1. The van der Waals surface area contributed by atoms with Gasteiger partial charge in [-0.05, 0) is 6.92 Å². The molecular formula is C9H13N3O2. The number of hydrogen-bond acceptors (Lipinski definition) is 4. The zero-order valence-corrected chi connectivity index (χ0v) is 8.06. The minimum absolute atomic E-state index is 0.161. The van der Waals surface area contributed by atoms with Crippen molar-refractivity contribution in [1.29, 1.82) is 0 Å². The van der Waals surface area contributed by atoms with E-state index in [9.17, 15) is 4.79 Å². The van der Waals surface area contributed by atoms with Gasteiger partial charge >= 0.3 is 5.97 Å². The quantitative estimate of drug-likeness (QED) is 0.570. The van der Waals surface area contributed by atoms with Gasteiger partial charge in [0.25, 0.3) is 0 Å². The molecule has 5 heteroatoms. The van der Waals surface area contributed by atoms with Gasteiger partial charge in [-0.2, -0.15) is 5.10 Å². The fraction of sp³-hybridized carbons (Fsp3) is 0.333. The molecule has 1 aromatic heterocycles. The fourth-order valence-corrected chi connectivity index (χ4v) is 1.02. The number of esters is 1. The summed E-state index contributed by atoms with van der Waals surface area (Å²) in [6.45, 7) is 6.12. The molecule has 0 saturated carbocycles. The summed E-state index contributed by atoms with van der Waals surface area (Å²) in [5.74, 6) is -0.493. The van der Waals surface area contributed by atoms with Gasteiger partial charge in [0.2, 0.25) is 0 Å². The van der Waals surface area contributed by atoms with E-state index < -0.39 is 5.97 Å². The minimum Gasteiger partial charge on any atom is -0.461 e. The Morgan fingerprint density at radius 2 is 2.57 bits per heavy atom. The number of carbonyl (C=O) groups excluding carboxylic acids is 1. The number of ether oxygens (including phenoxy) is 1. The summed E-state index contributed by atoms with van der Waals surface area (Å²) in [6.07, 6.45) is 3.25. The number of nitrogens with two attached hydrogens (primary N) is 1. The van der Waals surface area contributed by atoms with Gasteiger partial charge in [-0.3, -0.25) is 4.68 Å². The van der Waals surface area contributed by atoms with Crippen LogP contribution in [0.25, 0.3) is 0 Å². The summed E-state index contributed by atoms with van der Waals surface area (Å²) in [5, 5.41) is 3.96. The first kappa shape index (κ1) is 10.3. The molecule has 0 aliphatic carbocycles. The highest BCUT2D eigenvalue weighted by Gasteiger charge is 2.15. The molecule has 0 atom stereocenters. The van der Waals surface area contributed by atoms with Crippen LogP contribution in [0.2, 0.25) is 0 Å². The van der Waals surface area contributed by atoms with E-state index in [0.717, 1.165) is 0 Å². The maximum atomic E-state index is 11.3. The molecule has 1 rings (SSSR count). The number of hydrogen-bond donors (Lipinski definition) is 1. The van der Waals surface area contributed by atoms with Crippen LogP contribution in [0.5, 0.6) is 0 Å². The molecule has 76 valence electrons. The van der Waals surface area contributed by atoms with Gasteiger partial charge < -0.3 is 10.5 Å². The monoisotopic (exact) mass is 195 g/mol. The van der Waals surface area contributed by atoms with Gasteiger partial charge in [0.05, 0.1) is 18.8 Å². The zero-order valence-electron chi connectivity index (χ0n) is 8.06. The highest BCUT2D eigenvalue weighted by atomic mass is 16.5. The number of nitrogen functional groups attached to an aromatic ring is 1. The Hall–Kier alpha value is -1.78. The van der Waals surface area contributed by atoms with Crippen LogP contribution < -0.4 is 5.73 Å². The average molecular weight is 195 g/mol. The molecular weight excluding hydrogens is 182 g/mol. The number of allylic oxidation sites excluding steroid dienone is 1. The molecule has 0 unspecified atom stereocenters. The maximum absolute atomic E-state index is 11.3. The van der Waals surface area contributed by atoms with E-state index >= 15 is 0 Å². The van der Waals surface area contributed by atoms with E-state index in [1.807, 2.05) is 0 Å². The first-order chi connectivity index (χ1) is 6.69.